The van der Waals surface area contributed by atoms with Gasteiger partial charge in [-0.1, -0.05) is 46.6 Å². The second kappa shape index (κ2) is 8.41. The van der Waals surface area contributed by atoms with Crippen LogP contribution in [-0.4, -0.2) is 22.8 Å². The maximum atomic E-state index is 12.3. The molecule has 0 amide bonds. The highest BCUT2D eigenvalue weighted by atomic mass is 35.5. The van der Waals surface area contributed by atoms with Gasteiger partial charge in [0.1, 0.15) is 5.57 Å². The number of hydrogen-bond donors (Lipinski definition) is 1. The molecular formula is C23H14Cl2O6-2. The molecule has 0 fully saturated rings. The van der Waals surface area contributed by atoms with Crippen LogP contribution in [0.1, 0.15) is 34.0 Å². The number of hydrogen-bond acceptors (Lipinski definition) is 5. The summed E-state index contributed by atoms with van der Waals surface area (Å²) in [4.78, 5) is 35.4. The van der Waals surface area contributed by atoms with Gasteiger partial charge in [-0.25, -0.2) is 4.79 Å². The van der Waals surface area contributed by atoms with Crippen LogP contribution in [0.25, 0.3) is 5.57 Å². The standard InChI is InChI=1S/C23H16Cl2O6/c1-10-6-12(8-14(20(10)26)22(28)29)18(19-16(24)4-3-5-17(19)25)13-7-11(2)21(27)15(9-13)23(30)31/h3-9,26H,1-2H3,(H,28,29)(H,30,31)/p-2. The number of benzene rings is 2. The molecule has 0 saturated carbocycles. The highest BCUT2D eigenvalue weighted by Gasteiger charge is 2.26. The van der Waals surface area contributed by atoms with E-state index in [1.807, 2.05) is 0 Å². The van der Waals surface area contributed by atoms with Crippen molar-refractivity contribution in [2.75, 3.05) is 0 Å². The Morgan fingerprint density at radius 1 is 1.03 bits per heavy atom. The zero-order chi connectivity index (χ0) is 23.0. The Hall–Kier alpha value is -3.35. The van der Waals surface area contributed by atoms with Crippen molar-refractivity contribution < 1.29 is 29.7 Å². The molecule has 0 aliphatic heterocycles. The molecule has 0 saturated heterocycles. The maximum Gasteiger partial charge on any atom is 0.339 e. The SMILES string of the molecule is CC1=CC(=C(c2cc(C)c([O-])c(C(=O)[O-])c2)c2c(Cl)cccc2Cl)C=C(C(=O)O)C1=O. The van der Waals surface area contributed by atoms with E-state index in [4.69, 9.17) is 23.2 Å². The predicted molar refractivity (Wildman–Crippen MR) is 112 cm³/mol. The Morgan fingerprint density at radius 3 is 2.19 bits per heavy atom. The molecule has 6 nitrogen and oxygen atoms in total. The summed E-state index contributed by atoms with van der Waals surface area (Å²) < 4.78 is 0. The van der Waals surface area contributed by atoms with Crippen molar-refractivity contribution >= 4 is 46.5 Å². The monoisotopic (exact) mass is 456 g/mol. The first-order chi connectivity index (χ1) is 14.5. The number of rotatable bonds is 4. The number of halogens is 2. The van der Waals surface area contributed by atoms with Gasteiger partial charge in [0, 0.05) is 15.6 Å². The first-order valence-corrected chi connectivity index (χ1v) is 9.68. The zero-order valence-electron chi connectivity index (χ0n) is 16.3. The molecule has 2 aromatic carbocycles. The van der Waals surface area contributed by atoms with Crippen molar-refractivity contribution in [2.45, 2.75) is 13.8 Å². The number of carbonyl (C=O) groups excluding carboxylic acids is 2. The molecule has 1 aliphatic rings. The smallest absolute Gasteiger partial charge is 0.339 e. The summed E-state index contributed by atoms with van der Waals surface area (Å²) in [7, 11) is 0. The number of carboxylic acids is 2. The molecule has 0 aromatic heterocycles. The molecular weight excluding hydrogens is 443 g/mol. The molecule has 0 heterocycles. The number of carbonyl (C=O) groups is 3. The van der Waals surface area contributed by atoms with E-state index in [0.29, 0.717) is 5.56 Å². The van der Waals surface area contributed by atoms with Crippen molar-refractivity contribution in [1.82, 2.24) is 0 Å². The number of aromatic carboxylic acids is 1. The van der Waals surface area contributed by atoms with Crippen LogP contribution in [0.5, 0.6) is 5.75 Å². The molecule has 0 bridgehead atoms. The summed E-state index contributed by atoms with van der Waals surface area (Å²) in [5, 5.41) is 33.6. The lowest BCUT2D eigenvalue weighted by Crippen LogP contribution is -2.24. The Bertz CT molecular complexity index is 1230. The number of carboxylic acid groups (broad SMARTS) is 2. The summed E-state index contributed by atoms with van der Waals surface area (Å²) in [6, 6.07) is 7.30. The minimum atomic E-state index is -1.66. The molecule has 0 radical (unpaired) electrons. The summed E-state index contributed by atoms with van der Waals surface area (Å²) in [5.74, 6) is -4.43. The third kappa shape index (κ3) is 4.13. The van der Waals surface area contributed by atoms with Crippen molar-refractivity contribution in [1.29, 1.82) is 0 Å². The van der Waals surface area contributed by atoms with Crippen molar-refractivity contribution in [3.63, 3.8) is 0 Å². The van der Waals surface area contributed by atoms with E-state index in [1.54, 1.807) is 18.2 Å². The van der Waals surface area contributed by atoms with Crippen LogP contribution in [-0.2, 0) is 9.59 Å². The van der Waals surface area contributed by atoms with Gasteiger partial charge in [0.25, 0.3) is 0 Å². The van der Waals surface area contributed by atoms with Crippen molar-refractivity contribution in [3.8, 4) is 5.75 Å². The van der Waals surface area contributed by atoms with E-state index in [-0.39, 0.29) is 37.9 Å². The molecule has 1 N–H and O–H groups in total. The Morgan fingerprint density at radius 2 is 1.65 bits per heavy atom. The summed E-state index contributed by atoms with van der Waals surface area (Å²) in [6.45, 7) is 2.90. The third-order valence-corrected chi connectivity index (χ3v) is 5.42. The van der Waals surface area contributed by atoms with Crippen molar-refractivity contribution in [3.05, 3.63) is 91.5 Å². The van der Waals surface area contributed by atoms with Gasteiger partial charge in [0.15, 0.2) is 5.78 Å². The van der Waals surface area contributed by atoms with E-state index in [9.17, 15) is 29.7 Å². The molecule has 0 atom stereocenters. The molecule has 0 spiro atoms. The number of allylic oxidation sites excluding steroid dienone is 4. The fourth-order valence-corrected chi connectivity index (χ4v) is 3.93. The first kappa shape index (κ1) is 22.3. The topological polar surface area (TPSA) is 118 Å². The zero-order valence-corrected chi connectivity index (χ0v) is 17.8. The van der Waals surface area contributed by atoms with E-state index in [0.717, 1.165) is 6.07 Å². The minimum absolute atomic E-state index is 0.132. The van der Waals surface area contributed by atoms with Crippen LogP contribution in [0.4, 0.5) is 0 Å². The van der Waals surface area contributed by atoms with Gasteiger partial charge in [-0.05, 0) is 72.0 Å². The van der Waals surface area contributed by atoms with Crippen molar-refractivity contribution in [2.24, 2.45) is 0 Å². The van der Waals surface area contributed by atoms with Gasteiger partial charge in [-0.15, -0.1) is 0 Å². The lowest BCUT2D eigenvalue weighted by Gasteiger charge is -2.23. The largest absolute Gasteiger partial charge is 0.872 e. The highest BCUT2D eigenvalue weighted by Crippen LogP contribution is 2.40. The van der Waals surface area contributed by atoms with Gasteiger partial charge in [0.05, 0.1) is 5.97 Å². The van der Waals surface area contributed by atoms with Crippen LogP contribution >= 0.6 is 23.2 Å². The molecule has 2 aromatic rings. The van der Waals surface area contributed by atoms with Gasteiger partial charge >= 0.3 is 5.97 Å². The average Bonchev–Trinajstić information content (AvgIpc) is 2.68. The van der Waals surface area contributed by atoms with E-state index in [1.165, 1.54) is 32.1 Å². The van der Waals surface area contributed by atoms with Crippen LogP contribution in [0.15, 0.2) is 59.2 Å². The normalized spacial score (nSPS) is 15.3. The predicted octanol–water partition coefficient (Wildman–Crippen LogP) is 3.08. The first-order valence-electron chi connectivity index (χ1n) is 8.93. The number of aliphatic carboxylic acids is 1. The van der Waals surface area contributed by atoms with E-state index < -0.39 is 34.6 Å². The summed E-state index contributed by atoms with van der Waals surface area (Å²) in [5.41, 5.74) is 0.349. The molecule has 0 unspecified atom stereocenters. The average molecular weight is 457 g/mol. The van der Waals surface area contributed by atoms with Crippen LogP contribution in [0.3, 0.4) is 0 Å². The Kier molecular flexibility index (Phi) is 6.06. The van der Waals surface area contributed by atoms with Gasteiger partial charge in [-0.2, -0.15) is 0 Å². The lowest BCUT2D eigenvalue weighted by molar-refractivity contribution is -0.276. The van der Waals surface area contributed by atoms with E-state index in [2.05, 4.69) is 0 Å². The highest BCUT2D eigenvalue weighted by molar-refractivity contribution is 6.38. The number of aryl methyl sites for hydroxylation is 1. The second-order valence-electron chi connectivity index (χ2n) is 6.90. The lowest BCUT2D eigenvalue weighted by atomic mass is 9.85. The van der Waals surface area contributed by atoms with Gasteiger partial charge in [-0.3, -0.25) is 4.79 Å². The number of ketones is 1. The second-order valence-corrected chi connectivity index (χ2v) is 7.72. The summed E-state index contributed by atoms with van der Waals surface area (Å²) in [6.07, 6.45) is 2.63. The van der Waals surface area contributed by atoms with Gasteiger partial charge < -0.3 is 20.1 Å². The van der Waals surface area contributed by atoms with Crippen LogP contribution in [0.2, 0.25) is 10.0 Å². The molecule has 1 aliphatic carbocycles. The fraction of sp³-hybridized carbons (Fsp3) is 0.0870. The van der Waals surface area contributed by atoms with E-state index >= 15 is 0 Å². The fourth-order valence-electron chi connectivity index (χ4n) is 3.34. The molecule has 8 heteroatoms. The van der Waals surface area contributed by atoms with Crippen LogP contribution in [0, 0.1) is 6.92 Å². The number of Topliss-reactive ketones (excluding diaryl/α,β-unsaturated/α-hetero) is 1. The summed E-state index contributed by atoms with van der Waals surface area (Å²) >= 11 is 12.8. The Balaban J connectivity index is 2.50. The Labute approximate surface area is 187 Å². The maximum absolute atomic E-state index is 12.3. The molecule has 31 heavy (non-hydrogen) atoms. The van der Waals surface area contributed by atoms with Gasteiger partial charge in [0.2, 0.25) is 0 Å². The molecule has 158 valence electrons. The van der Waals surface area contributed by atoms with Crippen LogP contribution < -0.4 is 10.2 Å². The molecule has 3 rings (SSSR count). The quantitative estimate of drug-likeness (QED) is 0.706. The minimum Gasteiger partial charge on any atom is -0.872 e. The third-order valence-electron chi connectivity index (χ3n) is 4.79.